The van der Waals surface area contributed by atoms with Crippen LogP contribution in [0.5, 0.6) is 0 Å². The van der Waals surface area contributed by atoms with Gasteiger partial charge in [0, 0.05) is 52.4 Å². The van der Waals surface area contributed by atoms with E-state index in [9.17, 15) is 0 Å². The lowest BCUT2D eigenvalue weighted by Crippen LogP contribution is -2.53. The molecule has 1 atom stereocenters. The van der Waals surface area contributed by atoms with Crippen molar-refractivity contribution >= 4 is 5.96 Å². The Morgan fingerprint density at radius 2 is 1.91 bits per heavy atom. The van der Waals surface area contributed by atoms with E-state index in [0.29, 0.717) is 0 Å². The first-order valence-electron chi connectivity index (χ1n) is 9.52. The van der Waals surface area contributed by atoms with Crippen LogP contribution in [0.15, 0.2) is 4.99 Å². The van der Waals surface area contributed by atoms with Gasteiger partial charge in [-0.2, -0.15) is 0 Å². The number of piperidine rings is 1. The summed E-state index contributed by atoms with van der Waals surface area (Å²) in [4.78, 5) is 12.4. The monoisotopic (exact) mass is 323 g/mol. The molecule has 0 bridgehead atoms. The lowest BCUT2D eigenvalue weighted by molar-refractivity contribution is 0.163. The molecule has 5 heteroatoms. The molecule has 0 aromatic rings. The van der Waals surface area contributed by atoms with Crippen LogP contribution < -0.4 is 5.32 Å². The van der Waals surface area contributed by atoms with E-state index >= 15 is 0 Å². The summed E-state index contributed by atoms with van der Waals surface area (Å²) in [5.41, 5.74) is 0. The van der Waals surface area contributed by atoms with Gasteiger partial charge in [-0.25, -0.2) is 0 Å². The van der Waals surface area contributed by atoms with E-state index in [1.165, 1.54) is 32.5 Å². The lowest BCUT2D eigenvalue weighted by atomic mass is 9.99. The zero-order chi connectivity index (χ0) is 16.7. The molecule has 0 aromatic carbocycles. The highest BCUT2D eigenvalue weighted by molar-refractivity contribution is 5.80. The second-order valence-electron chi connectivity index (χ2n) is 7.65. The van der Waals surface area contributed by atoms with Gasteiger partial charge in [0.15, 0.2) is 5.96 Å². The smallest absolute Gasteiger partial charge is 0.194 e. The van der Waals surface area contributed by atoms with Gasteiger partial charge >= 0.3 is 0 Å². The number of nitrogens with zero attached hydrogens (tertiary/aromatic N) is 4. The third-order valence-corrected chi connectivity index (χ3v) is 4.85. The van der Waals surface area contributed by atoms with Crippen molar-refractivity contribution in [2.75, 3.05) is 66.0 Å². The van der Waals surface area contributed by atoms with E-state index in [-0.39, 0.29) is 0 Å². The minimum Gasteiger partial charge on any atom is -0.357 e. The Hall–Kier alpha value is -0.810. The highest BCUT2D eigenvalue weighted by atomic mass is 15.3. The molecule has 2 heterocycles. The molecule has 1 N–H and O–H groups in total. The van der Waals surface area contributed by atoms with Crippen molar-refractivity contribution in [3.8, 4) is 0 Å². The second kappa shape index (κ2) is 9.48. The maximum absolute atomic E-state index is 4.97. The number of guanidine groups is 1. The van der Waals surface area contributed by atoms with Gasteiger partial charge in [0.2, 0.25) is 0 Å². The van der Waals surface area contributed by atoms with Crippen molar-refractivity contribution in [3.63, 3.8) is 0 Å². The molecule has 0 saturated carbocycles. The maximum Gasteiger partial charge on any atom is 0.194 e. The van der Waals surface area contributed by atoms with Crippen LogP contribution in [-0.4, -0.2) is 86.6 Å². The topological polar surface area (TPSA) is 34.1 Å². The quantitative estimate of drug-likeness (QED) is 0.615. The van der Waals surface area contributed by atoms with Gasteiger partial charge in [0.1, 0.15) is 0 Å². The van der Waals surface area contributed by atoms with Crippen LogP contribution in [0.25, 0.3) is 0 Å². The first-order chi connectivity index (χ1) is 11.1. The van der Waals surface area contributed by atoms with Crippen molar-refractivity contribution < 1.29 is 0 Å². The zero-order valence-corrected chi connectivity index (χ0v) is 15.7. The van der Waals surface area contributed by atoms with Gasteiger partial charge in [-0.05, 0) is 45.2 Å². The Balaban J connectivity index is 1.84. The minimum atomic E-state index is 0.727. The summed E-state index contributed by atoms with van der Waals surface area (Å²) in [5, 5.41) is 3.50. The molecule has 0 spiro atoms. The molecule has 2 aliphatic heterocycles. The third-order valence-electron chi connectivity index (χ3n) is 4.85. The normalized spacial score (nSPS) is 25.2. The van der Waals surface area contributed by atoms with Crippen LogP contribution in [0.3, 0.4) is 0 Å². The van der Waals surface area contributed by atoms with E-state index in [2.05, 4.69) is 47.8 Å². The highest BCUT2D eigenvalue weighted by Crippen LogP contribution is 2.15. The molecule has 2 aliphatic rings. The summed E-state index contributed by atoms with van der Waals surface area (Å²) < 4.78 is 0. The van der Waals surface area contributed by atoms with Crippen LogP contribution in [0.4, 0.5) is 0 Å². The van der Waals surface area contributed by atoms with Gasteiger partial charge in [0.25, 0.3) is 0 Å². The Morgan fingerprint density at radius 3 is 2.52 bits per heavy atom. The largest absolute Gasteiger partial charge is 0.357 e. The molecule has 2 rings (SSSR count). The minimum absolute atomic E-state index is 0.727. The first kappa shape index (κ1) is 18.5. The van der Waals surface area contributed by atoms with Crippen LogP contribution in [0, 0.1) is 11.8 Å². The molecule has 5 nitrogen and oxygen atoms in total. The Labute approximate surface area is 143 Å². The number of rotatable bonds is 5. The second-order valence-corrected chi connectivity index (χ2v) is 7.65. The highest BCUT2D eigenvalue weighted by Gasteiger charge is 2.21. The van der Waals surface area contributed by atoms with Gasteiger partial charge in [-0.3, -0.25) is 9.89 Å². The van der Waals surface area contributed by atoms with E-state index in [0.717, 1.165) is 57.1 Å². The van der Waals surface area contributed by atoms with Crippen LogP contribution in [-0.2, 0) is 0 Å². The number of aliphatic imine (C=N–C) groups is 1. The van der Waals surface area contributed by atoms with E-state index in [1.807, 2.05) is 0 Å². The predicted molar refractivity (Wildman–Crippen MR) is 99.1 cm³/mol. The van der Waals surface area contributed by atoms with Gasteiger partial charge in [-0.15, -0.1) is 0 Å². The molecule has 0 aromatic heterocycles. The number of likely N-dealkylation sites (tertiary alicyclic amines) is 1. The summed E-state index contributed by atoms with van der Waals surface area (Å²) in [7, 11) is 2.23. The first-order valence-corrected chi connectivity index (χ1v) is 9.52. The van der Waals surface area contributed by atoms with Crippen molar-refractivity contribution in [2.24, 2.45) is 16.8 Å². The number of hydrogen-bond acceptors (Lipinski definition) is 3. The molecule has 0 amide bonds. The third kappa shape index (κ3) is 6.30. The molecule has 1 unspecified atom stereocenters. The molecular formula is C18H37N5. The summed E-state index contributed by atoms with van der Waals surface area (Å²) in [5.74, 6) is 2.61. The summed E-state index contributed by atoms with van der Waals surface area (Å²) in [6, 6.07) is 0. The Morgan fingerprint density at radius 1 is 1.17 bits per heavy atom. The zero-order valence-electron chi connectivity index (χ0n) is 15.7. The van der Waals surface area contributed by atoms with Crippen LogP contribution in [0.1, 0.15) is 33.6 Å². The van der Waals surface area contributed by atoms with E-state index < -0.39 is 0 Å². The lowest BCUT2D eigenvalue weighted by Gasteiger charge is -2.37. The average molecular weight is 324 g/mol. The van der Waals surface area contributed by atoms with Crippen molar-refractivity contribution in [2.45, 2.75) is 33.6 Å². The Bertz CT molecular complexity index is 360. The van der Waals surface area contributed by atoms with Crippen molar-refractivity contribution in [1.82, 2.24) is 20.0 Å². The van der Waals surface area contributed by atoms with E-state index in [1.54, 1.807) is 0 Å². The summed E-state index contributed by atoms with van der Waals surface area (Å²) >= 11 is 0. The van der Waals surface area contributed by atoms with Crippen molar-refractivity contribution in [1.29, 1.82) is 0 Å². The molecule has 0 aliphatic carbocycles. The van der Waals surface area contributed by atoms with Gasteiger partial charge in [-0.1, -0.05) is 13.8 Å². The number of nitrogens with one attached hydrogen (secondary N) is 1. The molecule has 134 valence electrons. The fourth-order valence-corrected chi connectivity index (χ4v) is 3.72. The van der Waals surface area contributed by atoms with Gasteiger partial charge < -0.3 is 15.1 Å². The molecule has 2 fully saturated rings. The maximum atomic E-state index is 4.97. The predicted octanol–water partition coefficient (Wildman–Crippen LogP) is 1.57. The SMILES string of the molecule is CCNC(=NCC1CCCN(C)C1)N1CCN(CC(C)C)CC1. The molecule has 0 radical (unpaired) electrons. The molecule has 23 heavy (non-hydrogen) atoms. The Kier molecular flexibility index (Phi) is 7.63. The van der Waals surface area contributed by atoms with Gasteiger partial charge in [0.05, 0.1) is 0 Å². The van der Waals surface area contributed by atoms with E-state index in [4.69, 9.17) is 4.99 Å². The summed E-state index contributed by atoms with van der Waals surface area (Å²) in [6.07, 6.45) is 2.65. The van der Waals surface area contributed by atoms with Crippen LogP contribution >= 0.6 is 0 Å². The summed E-state index contributed by atoms with van der Waals surface area (Å²) in [6.45, 7) is 16.9. The number of hydrogen-bond donors (Lipinski definition) is 1. The average Bonchev–Trinajstić information content (AvgIpc) is 2.52. The number of piperazine rings is 1. The van der Waals surface area contributed by atoms with Crippen LogP contribution in [0.2, 0.25) is 0 Å². The van der Waals surface area contributed by atoms with Crippen molar-refractivity contribution in [3.05, 3.63) is 0 Å². The molecule has 2 saturated heterocycles. The molecular weight excluding hydrogens is 286 g/mol. The fourth-order valence-electron chi connectivity index (χ4n) is 3.72. The fraction of sp³-hybridized carbons (Fsp3) is 0.944. The standard InChI is InChI=1S/C18H37N5/c1-5-19-18(20-13-17-7-6-8-21(4)15-17)23-11-9-22(10-12-23)14-16(2)3/h16-17H,5-15H2,1-4H3,(H,19,20).